The summed E-state index contributed by atoms with van der Waals surface area (Å²) >= 11 is 14.3. The number of carbonyl (C=O) groups excluding carboxylic acids is 1. The Labute approximate surface area is 130 Å². The third-order valence-electron chi connectivity index (χ3n) is 2.51. The van der Waals surface area contributed by atoms with Gasteiger partial charge in [-0.2, -0.15) is 5.10 Å². The molecule has 0 aliphatic carbocycles. The van der Waals surface area contributed by atoms with Crippen LogP contribution in [0.15, 0.2) is 14.3 Å². The average molecular weight is 413 g/mol. The van der Waals surface area contributed by atoms with E-state index in [4.69, 9.17) is 11.6 Å². The lowest BCUT2D eigenvalue weighted by molar-refractivity contribution is 0.0994. The highest BCUT2D eigenvalue weighted by molar-refractivity contribution is 9.13. The molecule has 0 saturated heterocycles. The van der Waals surface area contributed by atoms with Crippen LogP contribution >= 0.6 is 54.8 Å². The van der Waals surface area contributed by atoms with Gasteiger partial charge in [0.05, 0.1) is 31.5 Å². The van der Waals surface area contributed by atoms with Gasteiger partial charge in [-0.25, -0.2) is 0 Å². The number of halogens is 3. The van der Waals surface area contributed by atoms with Gasteiger partial charge in [-0.05, 0) is 44.8 Å². The van der Waals surface area contributed by atoms with Crippen LogP contribution in [0.4, 0.5) is 0 Å². The minimum atomic E-state index is 0.0382. The summed E-state index contributed by atoms with van der Waals surface area (Å²) in [6, 6.07) is 1.81. The maximum absolute atomic E-state index is 12.2. The molecule has 18 heavy (non-hydrogen) atoms. The van der Waals surface area contributed by atoms with Gasteiger partial charge < -0.3 is 0 Å². The number of thiophene rings is 1. The number of ketones is 1. The van der Waals surface area contributed by atoms with Crippen LogP contribution in [-0.2, 0) is 13.5 Å². The Morgan fingerprint density at radius 2 is 2.22 bits per heavy atom. The summed E-state index contributed by atoms with van der Waals surface area (Å²) in [5, 5.41) is 4.77. The van der Waals surface area contributed by atoms with Crippen LogP contribution in [0.2, 0.25) is 5.02 Å². The number of nitrogens with zero attached hydrogens (tertiary/aromatic N) is 2. The maximum Gasteiger partial charge on any atom is 0.178 e. The highest BCUT2D eigenvalue weighted by atomic mass is 79.9. The highest BCUT2D eigenvalue weighted by Gasteiger charge is 2.18. The van der Waals surface area contributed by atoms with Gasteiger partial charge >= 0.3 is 0 Å². The largest absolute Gasteiger partial charge is 0.293 e. The standard InChI is InChI=1S/C11H9Br2ClN2OS/c1-5-10(14)7(16(2)15-5)4-8(17)9-3-6(12)11(13)18-9/h3H,4H2,1-2H3. The Kier molecular flexibility index (Phi) is 4.31. The van der Waals surface area contributed by atoms with E-state index in [-0.39, 0.29) is 12.2 Å². The second kappa shape index (κ2) is 5.45. The summed E-state index contributed by atoms with van der Waals surface area (Å²) in [7, 11) is 1.79. The quantitative estimate of drug-likeness (QED) is 0.701. The monoisotopic (exact) mass is 410 g/mol. The van der Waals surface area contributed by atoms with Crippen molar-refractivity contribution in [3.05, 3.63) is 35.6 Å². The Bertz CT molecular complexity index is 601. The van der Waals surface area contributed by atoms with E-state index in [1.165, 1.54) is 11.3 Å². The summed E-state index contributed by atoms with van der Waals surface area (Å²) in [6.45, 7) is 1.83. The summed E-state index contributed by atoms with van der Waals surface area (Å²) in [4.78, 5) is 12.9. The number of hydrogen-bond acceptors (Lipinski definition) is 3. The molecular formula is C11H9Br2ClN2OS. The Balaban J connectivity index is 2.26. The van der Waals surface area contributed by atoms with Crippen LogP contribution in [0.5, 0.6) is 0 Å². The number of Topliss-reactive ketones (excluding diaryl/α,β-unsaturated/α-hetero) is 1. The second-order valence-corrected chi connectivity index (χ2v) is 7.40. The molecule has 96 valence electrons. The molecule has 0 amide bonds. The molecule has 0 fully saturated rings. The second-order valence-electron chi connectivity index (χ2n) is 3.80. The van der Waals surface area contributed by atoms with Crippen molar-refractivity contribution in [2.45, 2.75) is 13.3 Å². The fourth-order valence-corrected chi connectivity index (χ4v) is 3.80. The molecule has 0 saturated carbocycles. The highest BCUT2D eigenvalue weighted by Crippen LogP contribution is 2.33. The van der Waals surface area contributed by atoms with Crippen LogP contribution in [0, 0.1) is 6.92 Å². The minimum Gasteiger partial charge on any atom is -0.293 e. The van der Waals surface area contributed by atoms with Gasteiger partial charge in [0.15, 0.2) is 5.78 Å². The molecular weight excluding hydrogens is 403 g/mol. The zero-order valence-corrected chi connectivity index (χ0v) is 14.4. The molecule has 2 aromatic rings. The summed E-state index contributed by atoms with van der Waals surface area (Å²) in [6.07, 6.45) is 0.259. The molecule has 0 radical (unpaired) electrons. The first-order valence-corrected chi connectivity index (χ1v) is 7.84. The van der Waals surface area contributed by atoms with E-state index in [1.807, 2.05) is 13.0 Å². The first-order valence-electron chi connectivity index (χ1n) is 5.06. The van der Waals surface area contributed by atoms with Crippen molar-refractivity contribution in [1.82, 2.24) is 9.78 Å². The lowest BCUT2D eigenvalue weighted by Gasteiger charge is -2.00. The smallest absolute Gasteiger partial charge is 0.178 e. The normalized spacial score (nSPS) is 10.9. The van der Waals surface area contributed by atoms with Crippen molar-refractivity contribution in [1.29, 1.82) is 0 Å². The van der Waals surface area contributed by atoms with Crippen LogP contribution in [0.25, 0.3) is 0 Å². The number of hydrogen-bond donors (Lipinski definition) is 0. The molecule has 0 aliphatic heterocycles. The van der Waals surface area contributed by atoms with E-state index >= 15 is 0 Å². The molecule has 0 aromatic carbocycles. The molecule has 2 rings (SSSR count). The minimum absolute atomic E-state index is 0.0382. The number of aromatic nitrogens is 2. The molecule has 3 nitrogen and oxygen atoms in total. The molecule has 0 N–H and O–H groups in total. The van der Waals surface area contributed by atoms with Gasteiger partial charge in [-0.15, -0.1) is 11.3 Å². The molecule has 0 bridgehead atoms. The van der Waals surface area contributed by atoms with Gasteiger partial charge in [0, 0.05) is 11.5 Å². The SMILES string of the molecule is Cc1nn(C)c(CC(=O)c2cc(Br)c(Br)s2)c1Cl. The molecule has 0 aliphatic rings. The van der Waals surface area contributed by atoms with Crippen molar-refractivity contribution in [3.63, 3.8) is 0 Å². The zero-order valence-electron chi connectivity index (χ0n) is 9.63. The molecule has 0 unspecified atom stereocenters. The average Bonchev–Trinajstić information content (AvgIpc) is 2.75. The first-order chi connectivity index (χ1) is 8.40. The molecule has 2 heterocycles. The van der Waals surface area contributed by atoms with Crippen LogP contribution in [-0.4, -0.2) is 15.6 Å². The Morgan fingerprint density at radius 1 is 1.56 bits per heavy atom. The lowest BCUT2D eigenvalue weighted by Crippen LogP contribution is -2.06. The molecule has 0 atom stereocenters. The Morgan fingerprint density at radius 3 is 2.67 bits per heavy atom. The molecule has 7 heteroatoms. The molecule has 0 spiro atoms. The predicted octanol–water partition coefficient (Wildman–Crippen LogP) is 4.39. The lowest BCUT2D eigenvalue weighted by atomic mass is 10.2. The number of aryl methyl sites for hydroxylation is 2. The van der Waals surface area contributed by atoms with Crippen molar-refractivity contribution in [3.8, 4) is 0 Å². The van der Waals surface area contributed by atoms with E-state index < -0.39 is 0 Å². The predicted molar refractivity (Wildman–Crippen MR) is 80.7 cm³/mol. The fourth-order valence-electron chi connectivity index (χ4n) is 1.60. The number of rotatable bonds is 3. The van der Waals surface area contributed by atoms with E-state index in [0.717, 1.165) is 19.6 Å². The van der Waals surface area contributed by atoms with Crippen LogP contribution < -0.4 is 0 Å². The Hall–Kier alpha value is -0.170. The van der Waals surface area contributed by atoms with Crippen LogP contribution in [0.3, 0.4) is 0 Å². The summed E-state index contributed by atoms with van der Waals surface area (Å²) in [5.74, 6) is 0.0382. The maximum atomic E-state index is 12.2. The summed E-state index contributed by atoms with van der Waals surface area (Å²) in [5.41, 5.74) is 1.50. The topological polar surface area (TPSA) is 34.9 Å². The summed E-state index contributed by atoms with van der Waals surface area (Å²) < 4.78 is 3.47. The number of carbonyl (C=O) groups is 1. The van der Waals surface area contributed by atoms with Gasteiger partial charge in [-0.3, -0.25) is 9.48 Å². The van der Waals surface area contributed by atoms with E-state index in [2.05, 4.69) is 37.0 Å². The van der Waals surface area contributed by atoms with E-state index in [0.29, 0.717) is 9.90 Å². The zero-order chi connectivity index (χ0) is 13.4. The van der Waals surface area contributed by atoms with Crippen molar-refractivity contribution >= 4 is 60.6 Å². The van der Waals surface area contributed by atoms with Gasteiger partial charge in [-0.1, -0.05) is 11.6 Å². The van der Waals surface area contributed by atoms with Crippen LogP contribution in [0.1, 0.15) is 21.1 Å². The van der Waals surface area contributed by atoms with E-state index in [9.17, 15) is 4.79 Å². The van der Waals surface area contributed by atoms with Gasteiger partial charge in [0.2, 0.25) is 0 Å². The van der Waals surface area contributed by atoms with Gasteiger partial charge in [0.1, 0.15) is 0 Å². The third-order valence-corrected chi connectivity index (χ3v) is 6.30. The third kappa shape index (κ3) is 2.71. The van der Waals surface area contributed by atoms with Crippen molar-refractivity contribution in [2.24, 2.45) is 7.05 Å². The van der Waals surface area contributed by atoms with Crippen molar-refractivity contribution < 1.29 is 4.79 Å². The molecule has 2 aromatic heterocycles. The van der Waals surface area contributed by atoms with Crippen molar-refractivity contribution in [2.75, 3.05) is 0 Å². The van der Waals surface area contributed by atoms with Gasteiger partial charge in [0.25, 0.3) is 0 Å². The van der Waals surface area contributed by atoms with E-state index in [1.54, 1.807) is 11.7 Å². The first kappa shape index (κ1) is 14.2. The fraction of sp³-hybridized carbons (Fsp3) is 0.273.